The molecule has 0 fully saturated rings. The van der Waals surface area contributed by atoms with Gasteiger partial charge >= 0.3 is 5.97 Å². The monoisotopic (exact) mass is 494 g/mol. The molecular formula is C28H22N4O5. The van der Waals surface area contributed by atoms with Gasteiger partial charge in [-0.25, -0.2) is 9.78 Å². The Hall–Kier alpha value is -5.05. The zero-order valence-corrected chi connectivity index (χ0v) is 19.9. The zero-order chi connectivity index (χ0) is 25.8. The molecule has 4 heterocycles. The van der Waals surface area contributed by atoms with Crippen LogP contribution in [0.15, 0.2) is 99.5 Å². The number of benzene rings is 1. The Morgan fingerprint density at radius 3 is 2.65 bits per heavy atom. The Labute approximate surface area is 210 Å². The first kappa shape index (κ1) is 23.7. The quantitative estimate of drug-likeness (QED) is 0.203. The molecule has 0 unspecified atom stereocenters. The van der Waals surface area contributed by atoms with Gasteiger partial charge in [-0.3, -0.25) is 14.0 Å². The summed E-state index contributed by atoms with van der Waals surface area (Å²) in [5.74, 6) is -0.792. The molecule has 0 radical (unpaired) electrons. The van der Waals surface area contributed by atoms with Crippen molar-refractivity contribution >= 4 is 34.6 Å². The van der Waals surface area contributed by atoms with Crippen LogP contribution < -0.4 is 11.0 Å². The van der Waals surface area contributed by atoms with Crippen molar-refractivity contribution in [2.75, 3.05) is 6.61 Å². The molecule has 0 saturated carbocycles. The molecule has 1 amide bonds. The molecule has 4 aromatic heterocycles. The largest absolute Gasteiger partial charge is 0.467 e. The highest BCUT2D eigenvalue weighted by atomic mass is 16.5. The summed E-state index contributed by atoms with van der Waals surface area (Å²) < 4.78 is 13.7. The minimum atomic E-state index is -0.714. The number of hydrogen-bond donors (Lipinski definition) is 0. The van der Waals surface area contributed by atoms with Gasteiger partial charge in [0.15, 0.2) is 5.49 Å². The van der Waals surface area contributed by atoms with Gasteiger partial charge in [0.25, 0.3) is 11.5 Å². The van der Waals surface area contributed by atoms with Crippen molar-refractivity contribution in [3.05, 3.63) is 118 Å². The van der Waals surface area contributed by atoms with Crippen LogP contribution in [0.3, 0.4) is 0 Å². The summed E-state index contributed by atoms with van der Waals surface area (Å²) >= 11 is 0. The molecule has 0 saturated heterocycles. The van der Waals surface area contributed by atoms with E-state index in [9.17, 15) is 14.4 Å². The molecule has 0 spiro atoms. The van der Waals surface area contributed by atoms with Gasteiger partial charge in [0.2, 0.25) is 0 Å². The van der Waals surface area contributed by atoms with Crippen LogP contribution in [-0.2, 0) is 16.1 Å². The highest BCUT2D eigenvalue weighted by molar-refractivity contribution is 5.96. The number of ether oxygens (including phenoxy) is 1. The molecule has 37 heavy (non-hydrogen) atoms. The van der Waals surface area contributed by atoms with E-state index in [2.05, 4.69) is 9.98 Å². The average molecular weight is 495 g/mol. The molecule has 0 aliphatic heterocycles. The van der Waals surface area contributed by atoms with Gasteiger partial charge < -0.3 is 13.7 Å². The van der Waals surface area contributed by atoms with E-state index < -0.39 is 11.9 Å². The summed E-state index contributed by atoms with van der Waals surface area (Å²) in [5, 5.41) is 0.171. The lowest BCUT2D eigenvalue weighted by atomic mass is 10.2. The Morgan fingerprint density at radius 2 is 1.89 bits per heavy atom. The summed E-state index contributed by atoms with van der Waals surface area (Å²) in [4.78, 5) is 48.3. The maximum absolute atomic E-state index is 13.4. The van der Waals surface area contributed by atoms with E-state index >= 15 is 0 Å². The van der Waals surface area contributed by atoms with E-state index in [1.807, 2.05) is 30.3 Å². The highest BCUT2D eigenvalue weighted by Gasteiger charge is 2.20. The maximum Gasteiger partial charge on any atom is 0.341 e. The molecule has 0 aliphatic carbocycles. The molecule has 0 aliphatic rings. The molecule has 5 rings (SSSR count). The first-order chi connectivity index (χ1) is 18.0. The lowest BCUT2D eigenvalue weighted by Crippen LogP contribution is -2.32. The van der Waals surface area contributed by atoms with Gasteiger partial charge in [0.1, 0.15) is 22.6 Å². The number of hydrogen-bond acceptors (Lipinski definition) is 6. The van der Waals surface area contributed by atoms with E-state index in [4.69, 9.17) is 9.15 Å². The maximum atomic E-state index is 13.4. The lowest BCUT2D eigenvalue weighted by Gasteiger charge is -2.14. The van der Waals surface area contributed by atoms with Crippen molar-refractivity contribution in [1.82, 2.24) is 14.0 Å². The summed E-state index contributed by atoms with van der Waals surface area (Å²) in [7, 11) is 0. The van der Waals surface area contributed by atoms with E-state index in [0.29, 0.717) is 11.4 Å². The predicted octanol–water partition coefficient (Wildman–Crippen LogP) is 3.61. The first-order valence-electron chi connectivity index (χ1n) is 11.6. The van der Waals surface area contributed by atoms with Crippen molar-refractivity contribution in [1.29, 1.82) is 0 Å². The number of esters is 1. The van der Waals surface area contributed by atoms with E-state index in [1.165, 1.54) is 27.4 Å². The molecule has 9 heteroatoms. The Balaban J connectivity index is 1.81. The molecular weight excluding hydrogens is 472 g/mol. The van der Waals surface area contributed by atoms with Gasteiger partial charge in [-0.15, -0.1) is 0 Å². The normalized spacial score (nSPS) is 12.0. The Bertz CT molecular complexity index is 1760. The van der Waals surface area contributed by atoms with E-state index in [-0.39, 0.29) is 40.8 Å². The lowest BCUT2D eigenvalue weighted by molar-refractivity contribution is -0.113. The third kappa shape index (κ3) is 4.87. The number of aromatic nitrogens is 3. The van der Waals surface area contributed by atoms with Crippen molar-refractivity contribution in [2.24, 2.45) is 4.99 Å². The van der Waals surface area contributed by atoms with Gasteiger partial charge in [-0.2, -0.15) is 4.99 Å². The molecule has 0 N–H and O–H groups in total. The number of pyridine rings is 2. The fourth-order valence-electron chi connectivity index (χ4n) is 3.94. The van der Waals surface area contributed by atoms with E-state index in [1.54, 1.807) is 49.5 Å². The highest BCUT2D eigenvalue weighted by Crippen LogP contribution is 2.14. The van der Waals surface area contributed by atoms with Crippen LogP contribution in [0.25, 0.3) is 22.8 Å². The molecule has 0 bridgehead atoms. The minimum Gasteiger partial charge on any atom is -0.467 e. The van der Waals surface area contributed by atoms with Crippen molar-refractivity contribution in [3.63, 3.8) is 0 Å². The van der Waals surface area contributed by atoms with Crippen molar-refractivity contribution < 1.29 is 18.7 Å². The van der Waals surface area contributed by atoms with Crippen molar-refractivity contribution in [2.45, 2.75) is 13.5 Å². The number of carbonyl (C=O) groups excluding carboxylic acids is 2. The van der Waals surface area contributed by atoms with Crippen molar-refractivity contribution in [3.8, 4) is 0 Å². The second-order valence-electron chi connectivity index (χ2n) is 8.04. The SMILES string of the molecule is CCOC(=O)c1cc2c(=O)n3ccccc3nc2n(Cc2ccco2)c1=NC(=O)C=Cc1ccccc1. The number of fused-ring (bicyclic) bond motifs is 2. The predicted molar refractivity (Wildman–Crippen MR) is 137 cm³/mol. The molecule has 1 aromatic carbocycles. The molecule has 184 valence electrons. The minimum absolute atomic E-state index is 0.0113. The zero-order valence-electron chi connectivity index (χ0n) is 19.9. The number of nitrogens with zero attached hydrogens (tertiary/aromatic N) is 4. The number of rotatable bonds is 6. The summed E-state index contributed by atoms with van der Waals surface area (Å²) in [6.45, 7) is 1.84. The Morgan fingerprint density at radius 1 is 1.08 bits per heavy atom. The summed E-state index contributed by atoms with van der Waals surface area (Å²) in [5.41, 5.74) is 1.08. The van der Waals surface area contributed by atoms with Crippen LogP contribution in [-0.4, -0.2) is 32.4 Å². The van der Waals surface area contributed by atoms with Crippen LogP contribution in [0, 0.1) is 0 Å². The summed E-state index contributed by atoms with van der Waals surface area (Å²) in [6, 6.07) is 19.3. The number of amides is 1. The second kappa shape index (κ2) is 10.3. The average Bonchev–Trinajstić information content (AvgIpc) is 3.43. The van der Waals surface area contributed by atoms with Gasteiger partial charge in [-0.05, 0) is 48.9 Å². The third-order valence-electron chi connectivity index (χ3n) is 5.61. The topological polar surface area (TPSA) is 108 Å². The standard InChI is InChI=1S/C28H22N4O5/c1-2-36-28(35)22-17-21-25(29-23-12-6-7-15-31(23)27(21)34)32(18-20-11-8-16-37-20)26(22)30-24(33)14-13-19-9-4-3-5-10-19/h3-17H,2,18H2,1H3. The first-order valence-corrected chi connectivity index (χ1v) is 11.6. The van der Waals surface area contributed by atoms with Crippen LogP contribution >= 0.6 is 0 Å². The van der Waals surface area contributed by atoms with Crippen LogP contribution in [0.4, 0.5) is 0 Å². The molecule has 5 aromatic rings. The van der Waals surface area contributed by atoms with Gasteiger partial charge in [-0.1, -0.05) is 36.4 Å². The summed E-state index contributed by atoms with van der Waals surface area (Å²) in [6.07, 6.45) is 6.05. The van der Waals surface area contributed by atoms with Gasteiger partial charge in [0, 0.05) is 12.3 Å². The third-order valence-corrected chi connectivity index (χ3v) is 5.61. The van der Waals surface area contributed by atoms with Crippen LogP contribution in [0.1, 0.15) is 28.6 Å². The smallest absolute Gasteiger partial charge is 0.341 e. The number of furan rings is 1. The van der Waals surface area contributed by atoms with Gasteiger partial charge in [0.05, 0.1) is 24.8 Å². The fourth-order valence-corrected chi connectivity index (χ4v) is 3.94. The molecule has 0 atom stereocenters. The Kier molecular flexibility index (Phi) is 6.58. The van der Waals surface area contributed by atoms with Crippen LogP contribution in [0.2, 0.25) is 0 Å². The second-order valence-corrected chi connectivity index (χ2v) is 8.04. The van der Waals surface area contributed by atoms with E-state index in [0.717, 1.165) is 5.56 Å². The number of carbonyl (C=O) groups is 2. The molecule has 9 nitrogen and oxygen atoms in total. The fraction of sp³-hybridized carbons (Fsp3) is 0.107. The van der Waals surface area contributed by atoms with Crippen LogP contribution in [0.5, 0.6) is 0 Å².